The molecule has 156 valence electrons. The van der Waals surface area contributed by atoms with Gasteiger partial charge in [0.05, 0.1) is 5.69 Å². The summed E-state index contributed by atoms with van der Waals surface area (Å²) in [6.45, 7) is 0. The molecule has 0 bridgehead atoms. The van der Waals surface area contributed by atoms with Crippen molar-refractivity contribution < 1.29 is 4.74 Å². The summed E-state index contributed by atoms with van der Waals surface area (Å²) in [7, 11) is 0. The maximum atomic E-state index is 6.37. The lowest BCUT2D eigenvalue weighted by molar-refractivity contribution is 0.462. The second-order valence-electron chi connectivity index (χ2n) is 7.29. The molecule has 1 aliphatic heterocycles. The third kappa shape index (κ3) is 3.26. The number of anilines is 2. The van der Waals surface area contributed by atoms with Crippen LogP contribution in [0.5, 0.6) is 11.6 Å². The number of benzene rings is 2. The standard InChI is InChI=1S/C24H18N6OS/c25-24-30(19-3-1-2-4-20(19)32-24)17-5-7-18(8-6-17)31-23-21(26-11-12-28-23)16-13-15-9-10-27-22(15)29-14-16/h1-14,24H,25H2,(H,27,29). The first-order chi connectivity index (χ1) is 15.8. The zero-order valence-electron chi connectivity index (χ0n) is 16.8. The lowest BCUT2D eigenvalue weighted by Gasteiger charge is -2.23. The molecule has 0 aliphatic carbocycles. The minimum absolute atomic E-state index is 0.165. The monoisotopic (exact) mass is 438 g/mol. The summed E-state index contributed by atoms with van der Waals surface area (Å²) in [6.07, 6.45) is 6.90. The summed E-state index contributed by atoms with van der Waals surface area (Å²) in [5.74, 6) is 1.09. The highest BCUT2D eigenvalue weighted by molar-refractivity contribution is 8.00. The Bertz CT molecular complexity index is 1420. The van der Waals surface area contributed by atoms with Gasteiger partial charge < -0.3 is 20.4 Å². The average molecular weight is 439 g/mol. The van der Waals surface area contributed by atoms with Crippen LogP contribution in [0.15, 0.2) is 90.3 Å². The quantitative estimate of drug-likeness (QED) is 0.393. The SMILES string of the molecule is NC1Sc2ccccc2N1c1ccc(Oc2nccnc2-c2cnc3[nH]ccc3c2)cc1. The Morgan fingerprint density at radius 2 is 1.81 bits per heavy atom. The highest BCUT2D eigenvalue weighted by Gasteiger charge is 2.28. The van der Waals surface area contributed by atoms with Crippen molar-refractivity contribution in [2.24, 2.45) is 5.73 Å². The van der Waals surface area contributed by atoms with Crippen molar-refractivity contribution >= 4 is 34.2 Å². The van der Waals surface area contributed by atoms with Crippen molar-refractivity contribution in [1.29, 1.82) is 0 Å². The van der Waals surface area contributed by atoms with Crippen molar-refractivity contribution in [3.05, 3.63) is 85.5 Å². The second-order valence-corrected chi connectivity index (χ2v) is 8.45. The molecule has 0 saturated carbocycles. The molecule has 6 rings (SSSR count). The van der Waals surface area contributed by atoms with Gasteiger partial charge >= 0.3 is 0 Å². The van der Waals surface area contributed by atoms with Gasteiger partial charge in [-0.1, -0.05) is 23.9 Å². The largest absolute Gasteiger partial charge is 0.437 e. The normalized spacial score (nSPS) is 15.2. The molecule has 7 nitrogen and oxygen atoms in total. The van der Waals surface area contributed by atoms with E-state index in [1.807, 2.05) is 54.7 Å². The highest BCUT2D eigenvalue weighted by Crippen LogP contribution is 2.45. The first kappa shape index (κ1) is 18.9. The van der Waals surface area contributed by atoms with Crippen molar-refractivity contribution in [3.8, 4) is 22.9 Å². The topological polar surface area (TPSA) is 92.9 Å². The van der Waals surface area contributed by atoms with Crippen LogP contribution in [0.2, 0.25) is 0 Å². The molecular weight excluding hydrogens is 420 g/mol. The van der Waals surface area contributed by atoms with Crippen LogP contribution in [0.25, 0.3) is 22.3 Å². The summed E-state index contributed by atoms with van der Waals surface area (Å²) in [6, 6.07) is 20.1. The van der Waals surface area contributed by atoms with E-state index in [4.69, 9.17) is 10.5 Å². The van der Waals surface area contributed by atoms with Gasteiger partial charge in [0.25, 0.3) is 0 Å². The Morgan fingerprint density at radius 3 is 2.72 bits per heavy atom. The number of nitrogens with one attached hydrogen (secondary N) is 1. The minimum atomic E-state index is -0.165. The summed E-state index contributed by atoms with van der Waals surface area (Å²) in [5, 5.41) is 1.00. The number of hydrogen-bond acceptors (Lipinski definition) is 7. The number of nitrogens with two attached hydrogens (primary N) is 1. The number of aromatic nitrogens is 4. The predicted octanol–water partition coefficient (Wildman–Crippen LogP) is 5.30. The Kier molecular flexibility index (Phi) is 4.52. The van der Waals surface area contributed by atoms with Crippen LogP contribution in [0.3, 0.4) is 0 Å². The first-order valence-corrected chi connectivity index (χ1v) is 11.0. The van der Waals surface area contributed by atoms with Crippen LogP contribution in [-0.4, -0.2) is 25.4 Å². The Hall–Kier alpha value is -3.88. The van der Waals surface area contributed by atoms with E-state index in [1.165, 1.54) is 4.90 Å². The molecule has 1 atom stereocenters. The molecule has 8 heteroatoms. The Morgan fingerprint density at radius 1 is 0.969 bits per heavy atom. The Balaban J connectivity index is 1.29. The lowest BCUT2D eigenvalue weighted by atomic mass is 10.2. The molecule has 1 unspecified atom stereocenters. The number of para-hydroxylation sites is 1. The van der Waals surface area contributed by atoms with Gasteiger partial charge in [0.1, 0.15) is 22.6 Å². The molecule has 0 saturated heterocycles. The van der Waals surface area contributed by atoms with E-state index in [1.54, 1.807) is 30.4 Å². The molecule has 0 amide bonds. The fraction of sp³-hybridized carbons (Fsp3) is 0.0417. The van der Waals surface area contributed by atoms with Crippen LogP contribution >= 0.6 is 11.8 Å². The third-order valence-corrected chi connectivity index (χ3v) is 6.35. The number of fused-ring (bicyclic) bond motifs is 2. The van der Waals surface area contributed by atoms with Crippen molar-refractivity contribution in [2.75, 3.05) is 4.90 Å². The van der Waals surface area contributed by atoms with E-state index in [0.717, 1.165) is 28.0 Å². The second kappa shape index (κ2) is 7.67. The third-order valence-electron chi connectivity index (χ3n) is 5.29. The number of pyridine rings is 1. The summed E-state index contributed by atoms with van der Waals surface area (Å²) < 4.78 is 6.11. The van der Waals surface area contributed by atoms with E-state index in [9.17, 15) is 0 Å². The molecule has 1 aliphatic rings. The molecule has 5 aromatic rings. The fourth-order valence-corrected chi connectivity index (χ4v) is 4.86. The van der Waals surface area contributed by atoms with E-state index in [2.05, 4.69) is 37.0 Å². The lowest BCUT2D eigenvalue weighted by Crippen LogP contribution is -2.31. The van der Waals surface area contributed by atoms with Crippen molar-refractivity contribution in [3.63, 3.8) is 0 Å². The number of thioether (sulfide) groups is 1. The molecular formula is C24H18N6OS. The highest BCUT2D eigenvalue weighted by atomic mass is 32.2. The van der Waals surface area contributed by atoms with Crippen LogP contribution < -0.4 is 15.4 Å². The van der Waals surface area contributed by atoms with E-state index in [0.29, 0.717) is 17.3 Å². The van der Waals surface area contributed by atoms with E-state index >= 15 is 0 Å². The zero-order valence-corrected chi connectivity index (χ0v) is 17.7. The van der Waals surface area contributed by atoms with Gasteiger partial charge in [-0.05, 0) is 48.5 Å². The van der Waals surface area contributed by atoms with Gasteiger partial charge in [0.2, 0.25) is 5.88 Å². The number of H-pyrrole nitrogens is 1. The van der Waals surface area contributed by atoms with Crippen LogP contribution in [0.4, 0.5) is 11.4 Å². The van der Waals surface area contributed by atoms with Crippen molar-refractivity contribution in [2.45, 2.75) is 10.4 Å². The zero-order chi connectivity index (χ0) is 21.5. The molecule has 3 aromatic heterocycles. The molecule has 0 fully saturated rings. The van der Waals surface area contributed by atoms with Gasteiger partial charge in [-0.25, -0.2) is 15.0 Å². The number of aromatic amines is 1. The number of rotatable bonds is 4. The maximum Gasteiger partial charge on any atom is 0.246 e. The predicted molar refractivity (Wildman–Crippen MR) is 126 cm³/mol. The van der Waals surface area contributed by atoms with E-state index in [-0.39, 0.29) is 5.50 Å². The summed E-state index contributed by atoms with van der Waals surface area (Å²) in [5.41, 5.74) is 10.6. The van der Waals surface area contributed by atoms with Gasteiger partial charge in [-0.15, -0.1) is 0 Å². The summed E-state index contributed by atoms with van der Waals surface area (Å²) >= 11 is 1.65. The molecule has 0 spiro atoms. The smallest absolute Gasteiger partial charge is 0.246 e. The van der Waals surface area contributed by atoms with Crippen LogP contribution in [0, 0.1) is 0 Å². The van der Waals surface area contributed by atoms with Gasteiger partial charge in [0.15, 0.2) is 0 Å². The molecule has 2 aromatic carbocycles. The number of ether oxygens (including phenoxy) is 1. The minimum Gasteiger partial charge on any atom is -0.437 e. The van der Waals surface area contributed by atoms with Gasteiger partial charge in [0, 0.05) is 46.3 Å². The molecule has 32 heavy (non-hydrogen) atoms. The van der Waals surface area contributed by atoms with Crippen LogP contribution in [0.1, 0.15) is 0 Å². The average Bonchev–Trinajstić information content (AvgIpc) is 3.43. The van der Waals surface area contributed by atoms with E-state index < -0.39 is 0 Å². The summed E-state index contributed by atoms with van der Waals surface area (Å²) in [4.78, 5) is 19.7. The Labute approximate surface area is 188 Å². The molecule has 0 radical (unpaired) electrons. The fourth-order valence-electron chi connectivity index (χ4n) is 3.82. The molecule has 3 N–H and O–H groups in total. The maximum absolute atomic E-state index is 6.37. The van der Waals surface area contributed by atoms with Crippen LogP contribution in [-0.2, 0) is 0 Å². The van der Waals surface area contributed by atoms with Gasteiger partial charge in [-0.2, -0.15) is 0 Å². The number of nitrogens with zero attached hydrogens (tertiary/aromatic N) is 4. The molecule has 4 heterocycles. The van der Waals surface area contributed by atoms with Gasteiger partial charge in [-0.3, -0.25) is 0 Å². The number of hydrogen-bond donors (Lipinski definition) is 2. The van der Waals surface area contributed by atoms with Crippen molar-refractivity contribution in [1.82, 2.24) is 19.9 Å². The first-order valence-electron chi connectivity index (χ1n) is 10.1.